The summed E-state index contributed by atoms with van der Waals surface area (Å²) in [4.78, 5) is 0. The maximum atomic E-state index is 9.83. The van der Waals surface area contributed by atoms with Crippen LogP contribution in [0.15, 0.2) is 0 Å². The van der Waals surface area contributed by atoms with Crippen LogP contribution >= 0.6 is 0 Å². The van der Waals surface area contributed by atoms with Crippen molar-refractivity contribution in [2.75, 3.05) is 0 Å². The molecule has 1 aliphatic heterocycles. The van der Waals surface area contributed by atoms with Gasteiger partial charge in [0.05, 0.1) is 12.2 Å². The highest BCUT2D eigenvalue weighted by atomic mass is 16.8. The minimum atomic E-state index is -0.631. The summed E-state index contributed by atoms with van der Waals surface area (Å²) in [6.45, 7) is 5.80. The minimum absolute atomic E-state index is 0.0478. The van der Waals surface area contributed by atoms with Crippen molar-refractivity contribution < 1.29 is 14.6 Å². The van der Waals surface area contributed by atoms with Gasteiger partial charge in [0.25, 0.3) is 0 Å². The Bertz CT molecular complexity index is 242. The molecule has 1 N–H and O–H groups in total. The maximum Gasteiger partial charge on any atom is 0.163 e. The molecule has 1 saturated heterocycles. The Morgan fingerprint density at radius 1 is 1.47 bits per heavy atom. The fraction of sp³-hybridized carbons (Fsp3) is 0.833. The number of ether oxygens (including phenoxy) is 2. The first-order valence-electron chi connectivity index (χ1n) is 5.47. The zero-order chi connectivity index (χ0) is 11.5. The van der Waals surface area contributed by atoms with Gasteiger partial charge in [0.1, 0.15) is 6.10 Å². The molecule has 0 bridgehead atoms. The van der Waals surface area contributed by atoms with Crippen LogP contribution in [0, 0.1) is 12.3 Å². The SMILES string of the molecule is C#CCC(O)[C@H]1OC(C)(C)O[C@@H]1CCC. The fourth-order valence-electron chi connectivity index (χ4n) is 1.93. The maximum absolute atomic E-state index is 9.83. The molecule has 0 aliphatic carbocycles. The van der Waals surface area contributed by atoms with Crippen LogP contribution in [-0.4, -0.2) is 29.2 Å². The third-order valence-electron chi connectivity index (χ3n) is 2.50. The third-order valence-corrected chi connectivity index (χ3v) is 2.50. The number of aliphatic hydroxyl groups is 1. The van der Waals surface area contributed by atoms with Gasteiger partial charge in [-0.15, -0.1) is 12.3 Å². The molecule has 0 spiro atoms. The highest BCUT2D eigenvalue weighted by Gasteiger charge is 2.43. The predicted octanol–water partition coefficient (Wildman–Crippen LogP) is 1.69. The van der Waals surface area contributed by atoms with E-state index < -0.39 is 11.9 Å². The molecular formula is C12H20O3. The normalized spacial score (nSPS) is 31.1. The number of terminal acetylenes is 1. The lowest BCUT2D eigenvalue weighted by molar-refractivity contribution is -0.155. The van der Waals surface area contributed by atoms with Crippen LogP contribution in [-0.2, 0) is 9.47 Å². The zero-order valence-corrected chi connectivity index (χ0v) is 9.69. The van der Waals surface area contributed by atoms with Crippen molar-refractivity contribution in [3.63, 3.8) is 0 Å². The minimum Gasteiger partial charge on any atom is -0.389 e. The molecule has 0 radical (unpaired) electrons. The first kappa shape index (κ1) is 12.5. The quantitative estimate of drug-likeness (QED) is 0.721. The van der Waals surface area contributed by atoms with Crippen molar-refractivity contribution in [1.29, 1.82) is 0 Å². The smallest absolute Gasteiger partial charge is 0.163 e. The van der Waals surface area contributed by atoms with E-state index >= 15 is 0 Å². The lowest BCUT2D eigenvalue weighted by atomic mass is 10.0. The number of hydrogen-bond acceptors (Lipinski definition) is 3. The molecule has 3 atom stereocenters. The van der Waals surface area contributed by atoms with Gasteiger partial charge < -0.3 is 14.6 Å². The average molecular weight is 212 g/mol. The summed E-state index contributed by atoms with van der Waals surface area (Å²) in [7, 11) is 0. The summed E-state index contributed by atoms with van der Waals surface area (Å²) < 4.78 is 11.4. The van der Waals surface area contributed by atoms with Crippen LogP contribution in [0.2, 0.25) is 0 Å². The van der Waals surface area contributed by atoms with E-state index in [2.05, 4.69) is 12.8 Å². The standard InChI is InChI=1S/C12H20O3/c1-5-7-9(13)11-10(8-6-2)14-12(3,4)15-11/h1,9-11,13H,6-8H2,2-4H3/t9?,10-,11-/m1/s1. The van der Waals surface area contributed by atoms with Crippen molar-refractivity contribution in [2.24, 2.45) is 0 Å². The van der Waals surface area contributed by atoms with Crippen LogP contribution in [0.5, 0.6) is 0 Å². The number of aliphatic hydroxyl groups excluding tert-OH is 1. The predicted molar refractivity (Wildman–Crippen MR) is 58.2 cm³/mol. The molecule has 0 aromatic carbocycles. The van der Waals surface area contributed by atoms with E-state index in [0.29, 0.717) is 6.42 Å². The first-order valence-corrected chi connectivity index (χ1v) is 5.47. The summed E-state index contributed by atoms with van der Waals surface area (Å²) in [6, 6.07) is 0. The van der Waals surface area contributed by atoms with E-state index in [0.717, 1.165) is 12.8 Å². The Hall–Kier alpha value is -0.560. The lowest BCUT2D eigenvalue weighted by Gasteiger charge is -2.20. The molecule has 0 aromatic rings. The summed E-state index contributed by atoms with van der Waals surface area (Å²) in [5.41, 5.74) is 0. The van der Waals surface area contributed by atoms with E-state index in [9.17, 15) is 5.11 Å². The Morgan fingerprint density at radius 2 is 2.13 bits per heavy atom. The van der Waals surface area contributed by atoms with Gasteiger partial charge in [-0.05, 0) is 20.3 Å². The second kappa shape index (κ2) is 4.98. The van der Waals surface area contributed by atoms with Crippen molar-refractivity contribution in [3.05, 3.63) is 0 Å². The molecule has 86 valence electrons. The van der Waals surface area contributed by atoms with Crippen molar-refractivity contribution in [3.8, 4) is 12.3 Å². The number of hydrogen-bond donors (Lipinski definition) is 1. The van der Waals surface area contributed by atoms with Crippen LogP contribution < -0.4 is 0 Å². The summed E-state index contributed by atoms with van der Waals surface area (Å²) in [5, 5.41) is 9.83. The van der Waals surface area contributed by atoms with Crippen molar-refractivity contribution in [2.45, 2.75) is 64.1 Å². The van der Waals surface area contributed by atoms with E-state index in [1.807, 2.05) is 13.8 Å². The van der Waals surface area contributed by atoms with Gasteiger partial charge in [-0.2, -0.15) is 0 Å². The van der Waals surface area contributed by atoms with Crippen LogP contribution in [0.1, 0.15) is 40.0 Å². The van der Waals surface area contributed by atoms with Gasteiger partial charge in [0.2, 0.25) is 0 Å². The van der Waals surface area contributed by atoms with E-state index in [4.69, 9.17) is 15.9 Å². The third kappa shape index (κ3) is 3.20. The topological polar surface area (TPSA) is 38.7 Å². The molecule has 15 heavy (non-hydrogen) atoms. The molecule has 0 saturated carbocycles. The van der Waals surface area contributed by atoms with Crippen LogP contribution in [0.25, 0.3) is 0 Å². The average Bonchev–Trinajstić information content (AvgIpc) is 2.42. The monoisotopic (exact) mass is 212 g/mol. The van der Waals surface area contributed by atoms with Crippen LogP contribution in [0.3, 0.4) is 0 Å². The van der Waals surface area contributed by atoms with Gasteiger partial charge in [-0.3, -0.25) is 0 Å². The largest absolute Gasteiger partial charge is 0.389 e. The van der Waals surface area contributed by atoms with Gasteiger partial charge in [-0.1, -0.05) is 13.3 Å². The lowest BCUT2D eigenvalue weighted by Crippen LogP contribution is -2.35. The highest BCUT2D eigenvalue weighted by molar-refractivity contribution is 4.94. The number of rotatable bonds is 4. The van der Waals surface area contributed by atoms with Crippen molar-refractivity contribution >= 4 is 0 Å². The van der Waals surface area contributed by atoms with E-state index in [-0.39, 0.29) is 12.2 Å². The Labute approximate surface area is 91.8 Å². The molecule has 1 rings (SSSR count). The molecule has 1 heterocycles. The molecule has 1 aliphatic rings. The fourth-order valence-corrected chi connectivity index (χ4v) is 1.93. The molecule has 0 aromatic heterocycles. The van der Waals surface area contributed by atoms with Crippen molar-refractivity contribution in [1.82, 2.24) is 0 Å². The Kier molecular flexibility index (Phi) is 4.15. The second-order valence-corrected chi connectivity index (χ2v) is 4.40. The first-order chi connectivity index (χ1) is 7.00. The molecule has 3 nitrogen and oxygen atoms in total. The van der Waals surface area contributed by atoms with Crippen LogP contribution in [0.4, 0.5) is 0 Å². The Balaban J connectivity index is 2.64. The van der Waals surface area contributed by atoms with Gasteiger partial charge >= 0.3 is 0 Å². The molecule has 0 amide bonds. The van der Waals surface area contributed by atoms with E-state index in [1.165, 1.54) is 0 Å². The highest BCUT2D eigenvalue weighted by Crippen LogP contribution is 2.32. The summed E-state index contributed by atoms with van der Waals surface area (Å²) in [5.74, 6) is 1.84. The second-order valence-electron chi connectivity index (χ2n) is 4.40. The summed E-state index contributed by atoms with van der Waals surface area (Å²) in [6.07, 6.45) is 6.40. The molecular weight excluding hydrogens is 192 g/mol. The van der Waals surface area contributed by atoms with E-state index in [1.54, 1.807) is 0 Å². The zero-order valence-electron chi connectivity index (χ0n) is 9.69. The van der Waals surface area contributed by atoms with Gasteiger partial charge in [0, 0.05) is 6.42 Å². The molecule has 1 unspecified atom stereocenters. The molecule has 1 fully saturated rings. The Morgan fingerprint density at radius 3 is 2.67 bits per heavy atom. The molecule has 3 heteroatoms. The van der Waals surface area contributed by atoms with Gasteiger partial charge in [0.15, 0.2) is 5.79 Å². The summed E-state index contributed by atoms with van der Waals surface area (Å²) >= 11 is 0. The van der Waals surface area contributed by atoms with Gasteiger partial charge in [-0.25, -0.2) is 0 Å².